The summed E-state index contributed by atoms with van der Waals surface area (Å²) in [5.74, 6) is 0.660. The van der Waals surface area contributed by atoms with Crippen molar-refractivity contribution < 1.29 is 4.39 Å². The molecule has 1 aromatic rings. The molecule has 1 fully saturated rings. The number of nitrogens with zero attached hydrogens (tertiary/aromatic N) is 1. The number of aliphatic imine (C=N–C) groups is 1. The van der Waals surface area contributed by atoms with Gasteiger partial charge in [-0.2, -0.15) is 0 Å². The van der Waals surface area contributed by atoms with Crippen molar-refractivity contribution in [1.29, 1.82) is 0 Å². The van der Waals surface area contributed by atoms with Gasteiger partial charge in [0.25, 0.3) is 0 Å². The molecule has 3 N–H and O–H groups in total. The maximum absolute atomic E-state index is 14.0. The molecule has 1 aliphatic rings. The molecule has 0 amide bonds. The van der Waals surface area contributed by atoms with Gasteiger partial charge in [-0.05, 0) is 45.2 Å². The summed E-state index contributed by atoms with van der Waals surface area (Å²) in [6, 6.07) is 7.09. The molecule has 2 rings (SSSR count). The van der Waals surface area contributed by atoms with Gasteiger partial charge < -0.3 is 16.0 Å². The molecule has 1 saturated carbocycles. The molecule has 0 spiro atoms. The molecule has 24 heavy (non-hydrogen) atoms. The van der Waals surface area contributed by atoms with Gasteiger partial charge in [-0.15, -0.1) is 24.0 Å². The third kappa shape index (κ3) is 6.20. The average molecular weight is 448 g/mol. The second-order valence-corrected chi connectivity index (χ2v) is 7.29. The highest BCUT2D eigenvalue weighted by Crippen LogP contribution is 2.48. The summed E-state index contributed by atoms with van der Waals surface area (Å²) < 4.78 is 14.0. The zero-order valence-corrected chi connectivity index (χ0v) is 17.4. The summed E-state index contributed by atoms with van der Waals surface area (Å²) in [7, 11) is 1.76. The van der Waals surface area contributed by atoms with E-state index < -0.39 is 0 Å². The fourth-order valence-electron chi connectivity index (χ4n) is 2.68. The van der Waals surface area contributed by atoms with Crippen molar-refractivity contribution in [2.24, 2.45) is 4.99 Å². The van der Waals surface area contributed by atoms with Gasteiger partial charge in [0.1, 0.15) is 5.82 Å². The van der Waals surface area contributed by atoms with Gasteiger partial charge in [0.15, 0.2) is 5.96 Å². The molecule has 1 aliphatic carbocycles. The Labute approximate surface area is 162 Å². The zero-order valence-electron chi connectivity index (χ0n) is 15.1. The maximum Gasteiger partial charge on any atom is 0.191 e. The van der Waals surface area contributed by atoms with Crippen molar-refractivity contribution >= 4 is 29.9 Å². The minimum Gasteiger partial charge on any atom is -0.356 e. The maximum atomic E-state index is 14.0. The molecule has 0 aromatic heterocycles. The zero-order chi connectivity index (χ0) is 16.9. The average Bonchev–Trinajstić information content (AvgIpc) is 3.27. The Hall–Kier alpha value is -0.890. The molecule has 0 heterocycles. The van der Waals surface area contributed by atoms with Crippen molar-refractivity contribution in [1.82, 2.24) is 16.0 Å². The Kier molecular flexibility index (Phi) is 7.92. The first-order chi connectivity index (χ1) is 10.9. The number of hydrogen-bond acceptors (Lipinski definition) is 2. The smallest absolute Gasteiger partial charge is 0.191 e. The predicted octanol–water partition coefficient (Wildman–Crippen LogP) is 3.03. The van der Waals surface area contributed by atoms with Gasteiger partial charge in [0.2, 0.25) is 0 Å². The van der Waals surface area contributed by atoms with Crippen LogP contribution in [0.1, 0.15) is 39.2 Å². The van der Waals surface area contributed by atoms with Gasteiger partial charge >= 0.3 is 0 Å². The normalized spacial score (nSPS) is 16.3. The van der Waals surface area contributed by atoms with Crippen LogP contribution in [0, 0.1) is 5.82 Å². The fraction of sp³-hybridized carbons (Fsp3) is 0.611. The SMILES string of the molecule is CN=C(NCCNC(C)(C)C)NCC1(c2ccccc2F)CC1.I. The van der Waals surface area contributed by atoms with Gasteiger partial charge in [-0.25, -0.2) is 4.39 Å². The van der Waals surface area contributed by atoms with Crippen LogP contribution in [0.15, 0.2) is 29.3 Å². The van der Waals surface area contributed by atoms with E-state index in [1.54, 1.807) is 19.2 Å². The lowest BCUT2D eigenvalue weighted by Gasteiger charge is -2.22. The van der Waals surface area contributed by atoms with Crippen LogP contribution < -0.4 is 16.0 Å². The molecule has 0 aliphatic heterocycles. The standard InChI is InChI=1S/C18H29FN4.HI/c1-17(2,3)23-12-11-21-16(20-4)22-13-18(9-10-18)14-7-5-6-8-15(14)19;/h5-8,23H,9-13H2,1-4H3,(H2,20,21,22);1H. The van der Waals surface area contributed by atoms with Crippen LogP contribution in [-0.4, -0.2) is 38.2 Å². The van der Waals surface area contributed by atoms with Crippen LogP contribution in [0.25, 0.3) is 0 Å². The highest BCUT2D eigenvalue weighted by molar-refractivity contribution is 14.0. The molecule has 0 bridgehead atoms. The second-order valence-electron chi connectivity index (χ2n) is 7.29. The summed E-state index contributed by atoms with van der Waals surface area (Å²) in [4.78, 5) is 4.24. The van der Waals surface area contributed by atoms with Crippen molar-refractivity contribution in [2.45, 2.75) is 44.6 Å². The highest BCUT2D eigenvalue weighted by Gasteiger charge is 2.45. The fourth-order valence-corrected chi connectivity index (χ4v) is 2.68. The number of hydrogen-bond donors (Lipinski definition) is 3. The van der Waals surface area contributed by atoms with Gasteiger partial charge in [-0.3, -0.25) is 4.99 Å². The van der Waals surface area contributed by atoms with Gasteiger partial charge in [0, 0.05) is 37.6 Å². The van der Waals surface area contributed by atoms with Crippen LogP contribution in [0.2, 0.25) is 0 Å². The van der Waals surface area contributed by atoms with E-state index in [0.29, 0.717) is 6.54 Å². The van der Waals surface area contributed by atoms with Crippen LogP contribution in [0.3, 0.4) is 0 Å². The largest absolute Gasteiger partial charge is 0.356 e. The van der Waals surface area contributed by atoms with Crippen molar-refractivity contribution in [3.05, 3.63) is 35.6 Å². The second kappa shape index (κ2) is 8.99. The van der Waals surface area contributed by atoms with Crippen molar-refractivity contribution in [3.63, 3.8) is 0 Å². The lowest BCUT2D eigenvalue weighted by Crippen LogP contribution is -2.46. The van der Waals surface area contributed by atoms with E-state index in [9.17, 15) is 4.39 Å². The Bertz CT molecular complexity index is 550. The predicted molar refractivity (Wildman–Crippen MR) is 110 cm³/mol. The number of guanidine groups is 1. The Morgan fingerprint density at radius 3 is 2.38 bits per heavy atom. The van der Waals surface area contributed by atoms with Crippen LogP contribution in [-0.2, 0) is 5.41 Å². The molecule has 136 valence electrons. The first-order valence-corrected chi connectivity index (χ1v) is 8.31. The summed E-state index contributed by atoms with van der Waals surface area (Å²) in [5.41, 5.74) is 0.853. The molecule has 1 aromatic carbocycles. The van der Waals surface area contributed by atoms with E-state index in [1.807, 2.05) is 12.1 Å². The summed E-state index contributed by atoms with van der Waals surface area (Å²) in [5, 5.41) is 10.1. The highest BCUT2D eigenvalue weighted by atomic mass is 127. The molecule has 6 heteroatoms. The quantitative estimate of drug-likeness (QED) is 0.272. The molecule has 0 radical (unpaired) electrons. The van der Waals surface area contributed by atoms with E-state index >= 15 is 0 Å². The van der Waals surface area contributed by atoms with Gasteiger partial charge in [-0.1, -0.05) is 18.2 Å². The first-order valence-electron chi connectivity index (χ1n) is 8.31. The monoisotopic (exact) mass is 448 g/mol. The molecule has 0 unspecified atom stereocenters. The molecular formula is C18H30FIN4. The van der Waals surface area contributed by atoms with E-state index in [0.717, 1.165) is 37.5 Å². The van der Waals surface area contributed by atoms with Crippen molar-refractivity contribution in [3.8, 4) is 0 Å². The van der Waals surface area contributed by atoms with Crippen LogP contribution in [0.5, 0.6) is 0 Å². The summed E-state index contributed by atoms with van der Waals surface area (Å²) in [6.45, 7) is 8.80. The topological polar surface area (TPSA) is 48.5 Å². The lowest BCUT2D eigenvalue weighted by molar-refractivity contribution is 0.428. The molecule has 4 nitrogen and oxygen atoms in total. The van der Waals surface area contributed by atoms with Crippen molar-refractivity contribution in [2.75, 3.05) is 26.7 Å². The van der Waals surface area contributed by atoms with E-state index in [-0.39, 0.29) is 40.7 Å². The van der Waals surface area contributed by atoms with Gasteiger partial charge in [0.05, 0.1) is 0 Å². The van der Waals surface area contributed by atoms with E-state index in [2.05, 4.69) is 41.7 Å². The lowest BCUT2D eigenvalue weighted by atomic mass is 9.95. The molecule has 0 atom stereocenters. The van der Waals surface area contributed by atoms with Crippen LogP contribution in [0.4, 0.5) is 4.39 Å². The summed E-state index contributed by atoms with van der Waals surface area (Å²) >= 11 is 0. The number of benzene rings is 1. The first kappa shape index (κ1) is 21.2. The molecule has 0 saturated heterocycles. The number of nitrogens with one attached hydrogen (secondary N) is 3. The van der Waals surface area contributed by atoms with E-state index in [4.69, 9.17) is 0 Å². The summed E-state index contributed by atoms with van der Waals surface area (Å²) in [6.07, 6.45) is 2.03. The third-order valence-corrected chi connectivity index (χ3v) is 4.19. The number of halogens is 2. The third-order valence-electron chi connectivity index (χ3n) is 4.19. The Morgan fingerprint density at radius 2 is 1.83 bits per heavy atom. The Balaban J connectivity index is 0.00000288. The van der Waals surface area contributed by atoms with Crippen LogP contribution >= 0.6 is 24.0 Å². The minimum absolute atomic E-state index is 0. The minimum atomic E-state index is -0.107. The Morgan fingerprint density at radius 1 is 1.17 bits per heavy atom. The molecular weight excluding hydrogens is 418 g/mol. The van der Waals surface area contributed by atoms with E-state index in [1.165, 1.54) is 0 Å². The number of rotatable bonds is 6.